The molecule has 0 saturated carbocycles. The maximum absolute atomic E-state index is 12.0. The molecule has 0 unspecified atom stereocenters. The van der Waals surface area contributed by atoms with E-state index in [1.807, 2.05) is 43.3 Å². The number of nitrogens with zero attached hydrogens (tertiary/aromatic N) is 1. The highest BCUT2D eigenvalue weighted by Crippen LogP contribution is 2.23. The minimum Gasteiger partial charge on any atom is -0.350 e. The molecule has 4 nitrogen and oxygen atoms in total. The lowest BCUT2D eigenvalue weighted by atomic mass is 10.1. The summed E-state index contributed by atoms with van der Waals surface area (Å²) in [6.45, 7) is 4.30. The van der Waals surface area contributed by atoms with Gasteiger partial charge in [0.2, 0.25) is 5.91 Å². The van der Waals surface area contributed by atoms with Crippen LogP contribution in [0.3, 0.4) is 0 Å². The van der Waals surface area contributed by atoms with E-state index in [2.05, 4.69) is 21.2 Å². The molecule has 0 spiro atoms. The maximum atomic E-state index is 12.0. The van der Waals surface area contributed by atoms with Crippen molar-refractivity contribution in [1.82, 2.24) is 5.32 Å². The molecule has 2 aromatic carbocycles. The Kier molecular flexibility index (Phi) is 5.93. The second-order valence-electron chi connectivity index (χ2n) is 5.22. The van der Waals surface area contributed by atoms with E-state index < -0.39 is 0 Å². The molecule has 0 heterocycles. The first-order valence-electron chi connectivity index (χ1n) is 7.36. The zero-order chi connectivity index (χ0) is 16.8. The number of carbonyl (C=O) groups excluding carboxylic acids is 2. The lowest BCUT2D eigenvalue weighted by molar-refractivity contribution is -0.116. The number of aryl methyl sites for hydroxylation is 1. The quantitative estimate of drug-likeness (QED) is 0.869. The SMILES string of the molecule is CC(=O)N(CCNC(=O)c1ccccc1)c1ccc(Br)cc1C. The van der Waals surface area contributed by atoms with Crippen LogP contribution in [0.2, 0.25) is 0 Å². The van der Waals surface area contributed by atoms with Crippen molar-refractivity contribution in [3.05, 3.63) is 64.1 Å². The largest absolute Gasteiger partial charge is 0.350 e. The van der Waals surface area contributed by atoms with Crippen LogP contribution in [0.5, 0.6) is 0 Å². The summed E-state index contributed by atoms with van der Waals surface area (Å²) in [6.07, 6.45) is 0. The summed E-state index contributed by atoms with van der Waals surface area (Å²) < 4.78 is 0.972. The van der Waals surface area contributed by atoms with Crippen molar-refractivity contribution in [3.63, 3.8) is 0 Å². The predicted molar refractivity (Wildman–Crippen MR) is 95.7 cm³/mol. The summed E-state index contributed by atoms with van der Waals surface area (Å²) >= 11 is 3.42. The van der Waals surface area contributed by atoms with Gasteiger partial charge in [-0.3, -0.25) is 9.59 Å². The van der Waals surface area contributed by atoms with E-state index in [1.165, 1.54) is 6.92 Å². The number of nitrogens with one attached hydrogen (secondary N) is 1. The molecule has 0 aliphatic heterocycles. The molecule has 0 aliphatic rings. The van der Waals surface area contributed by atoms with Crippen LogP contribution in [-0.2, 0) is 4.79 Å². The van der Waals surface area contributed by atoms with Gasteiger partial charge in [0.15, 0.2) is 0 Å². The monoisotopic (exact) mass is 374 g/mol. The summed E-state index contributed by atoms with van der Waals surface area (Å²) in [7, 11) is 0. The highest BCUT2D eigenvalue weighted by Gasteiger charge is 2.14. The van der Waals surface area contributed by atoms with Gasteiger partial charge in [-0.05, 0) is 42.8 Å². The van der Waals surface area contributed by atoms with E-state index in [0.717, 1.165) is 15.7 Å². The Bertz CT molecular complexity index is 701. The van der Waals surface area contributed by atoms with E-state index in [1.54, 1.807) is 17.0 Å². The van der Waals surface area contributed by atoms with Crippen molar-refractivity contribution in [2.45, 2.75) is 13.8 Å². The summed E-state index contributed by atoms with van der Waals surface area (Å²) in [5.41, 5.74) is 2.47. The maximum Gasteiger partial charge on any atom is 0.251 e. The van der Waals surface area contributed by atoms with E-state index in [9.17, 15) is 9.59 Å². The fourth-order valence-corrected chi connectivity index (χ4v) is 2.82. The Morgan fingerprint density at radius 2 is 1.83 bits per heavy atom. The number of benzene rings is 2. The van der Waals surface area contributed by atoms with Crippen LogP contribution >= 0.6 is 15.9 Å². The van der Waals surface area contributed by atoms with Crippen molar-refractivity contribution >= 4 is 33.4 Å². The molecule has 1 N–H and O–H groups in total. The standard InChI is InChI=1S/C18H19BrN2O2/c1-13-12-16(19)8-9-17(13)21(14(2)22)11-10-20-18(23)15-6-4-3-5-7-15/h3-9,12H,10-11H2,1-2H3,(H,20,23). The third-order valence-electron chi connectivity index (χ3n) is 3.49. The Morgan fingerprint density at radius 1 is 1.13 bits per heavy atom. The van der Waals surface area contributed by atoms with E-state index in [-0.39, 0.29) is 11.8 Å². The number of anilines is 1. The van der Waals surface area contributed by atoms with Gasteiger partial charge in [-0.1, -0.05) is 34.1 Å². The van der Waals surface area contributed by atoms with Crippen LogP contribution in [-0.4, -0.2) is 24.9 Å². The number of hydrogen-bond acceptors (Lipinski definition) is 2. The third kappa shape index (κ3) is 4.66. The normalized spacial score (nSPS) is 10.2. The van der Waals surface area contributed by atoms with Gasteiger partial charge in [0, 0.05) is 35.7 Å². The molecule has 0 aliphatic carbocycles. The highest BCUT2D eigenvalue weighted by molar-refractivity contribution is 9.10. The molecule has 2 aromatic rings. The van der Waals surface area contributed by atoms with Gasteiger partial charge in [-0.15, -0.1) is 0 Å². The Balaban J connectivity index is 2.01. The molecule has 0 aromatic heterocycles. The second kappa shape index (κ2) is 7.92. The zero-order valence-corrected chi connectivity index (χ0v) is 14.8. The lowest BCUT2D eigenvalue weighted by Gasteiger charge is -2.23. The molecule has 0 radical (unpaired) electrons. The fourth-order valence-electron chi connectivity index (χ4n) is 2.34. The van der Waals surface area contributed by atoms with Crippen molar-refractivity contribution in [2.75, 3.05) is 18.0 Å². The summed E-state index contributed by atoms with van der Waals surface area (Å²) in [4.78, 5) is 25.6. The molecule has 120 valence electrons. The highest BCUT2D eigenvalue weighted by atomic mass is 79.9. The van der Waals surface area contributed by atoms with Gasteiger partial charge in [0.25, 0.3) is 5.91 Å². The van der Waals surface area contributed by atoms with Crippen LogP contribution in [0.15, 0.2) is 53.0 Å². The summed E-state index contributed by atoms with van der Waals surface area (Å²) in [6, 6.07) is 14.8. The van der Waals surface area contributed by atoms with Gasteiger partial charge in [-0.2, -0.15) is 0 Å². The minimum atomic E-state index is -0.137. The first-order chi connectivity index (χ1) is 11.0. The molecule has 2 amide bonds. The molecule has 0 atom stereocenters. The number of halogens is 1. The van der Waals surface area contributed by atoms with Crippen molar-refractivity contribution in [1.29, 1.82) is 0 Å². The summed E-state index contributed by atoms with van der Waals surface area (Å²) in [5, 5.41) is 2.84. The van der Waals surface area contributed by atoms with Gasteiger partial charge in [0.1, 0.15) is 0 Å². The fraction of sp³-hybridized carbons (Fsp3) is 0.222. The lowest BCUT2D eigenvalue weighted by Crippen LogP contribution is -2.37. The van der Waals surface area contributed by atoms with Crippen LogP contribution in [0, 0.1) is 6.92 Å². The number of amides is 2. The molecule has 0 bridgehead atoms. The van der Waals surface area contributed by atoms with Crippen LogP contribution in [0.4, 0.5) is 5.69 Å². The molecule has 2 rings (SSSR count). The van der Waals surface area contributed by atoms with Gasteiger partial charge in [-0.25, -0.2) is 0 Å². The summed E-state index contributed by atoms with van der Waals surface area (Å²) in [5.74, 6) is -0.189. The minimum absolute atomic E-state index is 0.0515. The Hall–Kier alpha value is -2.14. The molecule has 0 saturated heterocycles. The predicted octanol–water partition coefficient (Wildman–Crippen LogP) is 3.54. The first kappa shape index (κ1) is 17.2. The first-order valence-corrected chi connectivity index (χ1v) is 8.16. The molecule has 23 heavy (non-hydrogen) atoms. The third-order valence-corrected chi connectivity index (χ3v) is 3.98. The van der Waals surface area contributed by atoms with Gasteiger partial charge in [0.05, 0.1) is 0 Å². The van der Waals surface area contributed by atoms with Crippen molar-refractivity contribution in [2.24, 2.45) is 0 Å². The van der Waals surface area contributed by atoms with E-state index >= 15 is 0 Å². The Morgan fingerprint density at radius 3 is 2.43 bits per heavy atom. The zero-order valence-electron chi connectivity index (χ0n) is 13.2. The number of rotatable bonds is 5. The average Bonchev–Trinajstić information content (AvgIpc) is 2.53. The topological polar surface area (TPSA) is 49.4 Å². The van der Waals surface area contributed by atoms with E-state index in [0.29, 0.717) is 18.7 Å². The molecule has 0 fully saturated rings. The van der Waals surface area contributed by atoms with E-state index in [4.69, 9.17) is 0 Å². The van der Waals surface area contributed by atoms with Crippen molar-refractivity contribution < 1.29 is 9.59 Å². The van der Waals surface area contributed by atoms with Crippen LogP contribution in [0.1, 0.15) is 22.8 Å². The second-order valence-corrected chi connectivity index (χ2v) is 6.14. The number of carbonyl (C=O) groups is 2. The number of hydrogen-bond donors (Lipinski definition) is 1. The molecular weight excluding hydrogens is 356 g/mol. The average molecular weight is 375 g/mol. The smallest absolute Gasteiger partial charge is 0.251 e. The van der Waals surface area contributed by atoms with Gasteiger partial charge >= 0.3 is 0 Å². The molecular formula is C18H19BrN2O2. The van der Waals surface area contributed by atoms with Gasteiger partial charge < -0.3 is 10.2 Å². The van der Waals surface area contributed by atoms with Crippen molar-refractivity contribution in [3.8, 4) is 0 Å². The van der Waals surface area contributed by atoms with Crippen LogP contribution < -0.4 is 10.2 Å². The molecule has 5 heteroatoms. The van der Waals surface area contributed by atoms with Crippen LogP contribution in [0.25, 0.3) is 0 Å². The Labute approximate surface area is 144 Å².